The zero-order chi connectivity index (χ0) is 14.6. The monoisotopic (exact) mass is 268 g/mol. The van der Waals surface area contributed by atoms with Gasteiger partial charge in [0.2, 0.25) is 0 Å². The second-order valence-corrected chi connectivity index (χ2v) is 6.84. The molecule has 2 aliphatic carbocycles. The highest BCUT2D eigenvalue weighted by atomic mass is 16.1. The number of benzene rings is 1. The summed E-state index contributed by atoms with van der Waals surface area (Å²) in [6, 6.07) is 9.79. The first-order valence-electron chi connectivity index (χ1n) is 7.17. The first-order chi connectivity index (χ1) is 9.39. The van der Waals surface area contributed by atoms with Crippen LogP contribution >= 0.6 is 0 Å². The second-order valence-electron chi connectivity index (χ2n) is 6.84. The van der Waals surface area contributed by atoms with Crippen molar-refractivity contribution >= 4 is 18.1 Å². The fourth-order valence-electron chi connectivity index (χ4n) is 4.11. The van der Waals surface area contributed by atoms with E-state index in [9.17, 15) is 9.59 Å². The van der Waals surface area contributed by atoms with E-state index in [-0.39, 0.29) is 11.2 Å². The highest BCUT2D eigenvalue weighted by Gasteiger charge is 2.72. The maximum absolute atomic E-state index is 12.8. The molecule has 1 aromatic rings. The quantitative estimate of drug-likeness (QED) is 0.606. The summed E-state index contributed by atoms with van der Waals surface area (Å²) in [5.41, 5.74) is 0.365. The Balaban J connectivity index is 2.21. The first-order valence-corrected chi connectivity index (χ1v) is 7.17. The van der Waals surface area contributed by atoms with E-state index in [1.807, 2.05) is 43.3 Å². The number of ketones is 1. The molecule has 104 valence electrons. The van der Waals surface area contributed by atoms with Crippen LogP contribution in [0.25, 0.3) is 6.08 Å². The van der Waals surface area contributed by atoms with Gasteiger partial charge in [0, 0.05) is 11.0 Å². The molecule has 2 bridgehead atoms. The van der Waals surface area contributed by atoms with E-state index < -0.39 is 10.8 Å². The maximum Gasteiger partial charge on any atom is 0.166 e. The predicted molar refractivity (Wildman–Crippen MR) is 79.0 cm³/mol. The summed E-state index contributed by atoms with van der Waals surface area (Å²) in [5, 5.41) is 0. The molecule has 0 saturated heterocycles. The predicted octanol–water partition coefficient (Wildman–Crippen LogP) is 3.66. The fourth-order valence-corrected chi connectivity index (χ4v) is 4.11. The lowest BCUT2D eigenvalue weighted by molar-refractivity contribution is -0.125. The molecule has 0 N–H and O–H groups in total. The largest absolute Gasteiger partial charge is 0.302 e. The molecule has 3 rings (SSSR count). The molecule has 2 aliphatic rings. The van der Waals surface area contributed by atoms with Crippen LogP contribution in [0, 0.1) is 16.2 Å². The molecule has 0 aliphatic heterocycles. The van der Waals surface area contributed by atoms with E-state index in [2.05, 4.69) is 13.8 Å². The van der Waals surface area contributed by atoms with E-state index in [1.54, 1.807) is 0 Å². The average Bonchev–Trinajstić information content (AvgIpc) is 2.71. The summed E-state index contributed by atoms with van der Waals surface area (Å²) >= 11 is 0. The van der Waals surface area contributed by atoms with Gasteiger partial charge in [-0.2, -0.15) is 0 Å². The Morgan fingerprint density at radius 1 is 1.05 bits per heavy atom. The SMILES string of the molecule is CC12CCC(C=O)(C(=Cc3ccccc3)C1=O)C2(C)C. The van der Waals surface area contributed by atoms with Crippen molar-refractivity contribution in [2.75, 3.05) is 0 Å². The van der Waals surface area contributed by atoms with Crippen molar-refractivity contribution in [3.05, 3.63) is 41.5 Å². The van der Waals surface area contributed by atoms with E-state index in [0.29, 0.717) is 5.57 Å². The Morgan fingerprint density at radius 2 is 1.70 bits per heavy atom. The van der Waals surface area contributed by atoms with Crippen molar-refractivity contribution in [1.82, 2.24) is 0 Å². The maximum atomic E-state index is 12.8. The van der Waals surface area contributed by atoms with Crippen LogP contribution in [0.15, 0.2) is 35.9 Å². The van der Waals surface area contributed by atoms with Crippen molar-refractivity contribution in [2.45, 2.75) is 33.6 Å². The minimum Gasteiger partial charge on any atom is -0.302 e. The lowest BCUT2D eigenvalue weighted by Gasteiger charge is -2.36. The van der Waals surface area contributed by atoms with E-state index in [1.165, 1.54) is 0 Å². The van der Waals surface area contributed by atoms with Gasteiger partial charge in [-0.25, -0.2) is 0 Å². The van der Waals surface area contributed by atoms with Gasteiger partial charge < -0.3 is 4.79 Å². The molecule has 2 heteroatoms. The van der Waals surface area contributed by atoms with E-state index in [0.717, 1.165) is 24.7 Å². The zero-order valence-electron chi connectivity index (χ0n) is 12.3. The molecule has 2 nitrogen and oxygen atoms in total. The van der Waals surface area contributed by atoms with Crippen molar-refractivity contribution in [3.8, 4) is 0 Å². The molecule has 1 aromatic carbocycles. The van der Waals surface area contributed by atoms with Crippen LogP contribution in [0.1, 0.15) is 39.2 Å². The summed E-state index contributed by atoms with van der Waals surface area (Å²) in [4.78, 5) is 24.7. The van der Waals surface area contributed by atoms with Gasteiger partial charge in [-0.15, -0.1) is 0 Å². The summed E-state index contributed by atoms with van der Waals surface area (Å²) in [7, 11) is 0. The first kappa shape index (κ1) is 13.3. The second kappa shape index (κ2) is 3.91. The summed E-state index contributed by atoms with van der Waals surface area (Å²) in [6.45, 7) is 6.16. The van der Waals surface area contributed by atoms with Crippen molar-refractivity contribution in [1.29, 1.82) is 0 Å². The van der Waals surface area contributed by atoms with E-state index >= 15 is 0 Å². The number of allylic oxidation sites excluding steroid dienone is 1. The number of carbonyl (C=O) groups excluding carboxylic acids is 2. The number of rotatable bonds is 2. The number of aldehydes is 1. The van der Waals surface area contributed by atoms with Crippen molar-refractivity contribution in [3.63, 3.8) is 0 Å². The Hall–Kier alpha value is -1.70. The van der Waals surface area contributed by atoms with Crippen LogP contribution in [0.2, 0.25) is 0 Å². The topological polar surface area (TPSA) is 34.1 Å². The third-order valence-electron chi connectivity index (χ3n) is 6.05. The number of hydrogen-bond acceptors (Lipinski definition) is 2. The molecule has 2 fully saturated rings. The molecule has 2 saturated carbocycles. The minimum atomic E-state index is -0.616. The summed E-state index contributed by atoms with van der Waals surface area (Å²) < 4.78 is 0. The molecule has 0 heterocycles. The Labute approximate surface area is 119 Å². The lowest BCUT2D eigenvalue weighted by Crippen LogP contribution is -2.36. The smallest absolute Gasteiger partial charge is 0.166 e. The van der Waals surface area contributed by atoms with Gasteiger partial charge in [-0.1, -0.05) is 51.1 Å². The number of fused-ring (bicyclic) bond motifs is 2. The number of carbonyl (C=O) groups is 2. The Morgan fingerprint density at radius 3 is 2.30 bits per heavy atom. The van der Waals surface area contributed by atoms with Crippen LogP contribution in [0.4, 0.5) is 0 Å². The molecule has 20 heavy (non-hydrogen) atoms. The van der Waals surface area contributed by atoms with Crippen LogP contribution < -0.4 is 0 Å². The molecule has 2 atom stereocenters. The Kier molecular flexibility index (Phi) is 2.60. The normalized spacial score (nSPS) is 36.5. The van der Waals surface area contributed by atoms with Crippen molar-refractivity contribution < 1.29 is 9.59 Å². The fraction of sp³-hybridized carbons (Fsp3) is 0.444. The molecular formula is C18H20O2. The standard InChI is InChI=1S/C18H20O2/c1-16(2)17(3)9-10-18(16,12-19)14(15(17)20)11-13-7-5-4-6-8-13/h4-8,11-12H,9-10H2,1-3H3. The molecule has 2 unspecified atom stereocenters. The van der Waals surface area contributed by atoms with Gasteiger partial charge in [0.15, 0.2) is 5.78 Å². The lowest BCUT2D eigenvalue weighted by atomic mass is 9.65. The number of hydrogen-bond donors (Lipinski definition) is 0. The van der Waals surface area contributed by atoms with Gasteiger partial charge >= 0.3 is 0 Å². The zero-order valence-corrected chi connectivity index (χ0v) is 12.3. The van der Waals surface area contributed by atoms with Gasteiger partial charge in [0.05, 0.1) is 5.41 Å². The molecule has 0 radical (unpaired) electrons. The van der Waals surface area contributed by atoms with Crippen molar-refractivity contribution in [2.24, 2.45) is 16.2 Å². The summed E-state index contributed by atoms with van der Waals surface area (Å²) in [6.07, 6.45) is 4.54. The van der Waals surface area contributed by atoms with Crippen LogP contribution in [-0.2, 0) is 9.59 Å². The van der Waals surface area contributed by atoms with Crippen LogP contribution in [0.5, 0.6) is 0 Å². The highest BCUT2D eigenvalue weighted by molar-refractivity contribution is 6.12. The Bertz CT molecular complexity index is 612. The van der Waals surface area contributed by atoms with Gasteiger partial charge in [-0.3, -0.25) is 4.79 Å². The number of Topliss-reactive ketones (excluding diaryl/α,β-unsaturated/α-hetero) is 1. The molecule has 0 amide bonds. The molecule has 0 spiro atoms. The summed E-state index contributed by atoms with van der Waals surface area (Å²) in [5.74, 6) is 0.157. The van der Waals surface area contributed by atoms with Crippen LogP contribution in [0.3, 0.4) is 0 Å². The average molecular weight is 268 g/mol. The third kappa shape index (κ3) is 1.29. The van der Waals surface area contributed by atoms with Gasteiger partial charge in [0.25, 0.3) is 0 Å². The van der Waals surface area contributed by atoms with Gasteiger partial charge in [0.1, 0.15) is 6.29 Å². The molecule has 0 aromatic heterocycles. The van der Waals surface area contributed by atoms with E-state index in [4.69, 9.17) is 0 Å². The minimum absolute atomic E-state index is 0.157. The highest BCUT2D eigenvalue weighted by Crippen LogP contribution is 2.71. The van der Waals surface area contributed by atoms with Gasteiger partial charge in [-0.05, 0) is 29.9 Å². The molecular weight excluding hydrogens is 248 g/mol. The third-order valence-corrected chi connectivity index (χ3v) is 6.05. The van der Waals surface area contributed by atoms with Crippen LogP contribution in [-0.4, -0.2) is 12.1 Å².